The van der Waals surface area contributed by atoms with Crippen LogP contribution in [0.3, 0.4) is 0 Å². The van der Waals surface area contributed by atoms with Crippen LogP contribution in [-0.4, -0.2) is 25.8 Å². The van der Waals surface area contributed by atoms with Gasteiger partial charge in [-0.1, -0.05) is 18.2 Å². The molecule has 1 unspecified atom stereocenters. The monoisotopic (exact) mass is 355 g/mol. The van der Waals surface area contributed by atoms with Gasteiger partial charge >= 0.3 is 0 Å². The van der Waals surface area contributed by atoms with Crippen molar-refractivity contribution in [3.63, 3.8) is 0 Å². The zero-order valence-corrected chi connectivity index (χ0v) is 15.2. The van der Waals surface area contributed by atoms with Crippen LogP contribution in [0.25, 0.3) is 17.0 Å². The number of allylic oxidation sites excluding steroid dienone is 2. The van der Waals surface area contributed by atoms with Crippen LogP contribution in [0.2, 0.25) is 0 Å². The van der Waals surface area contributed by atoms with Crippen LogP contribution in [0.1, 0.15) is 31.4 Å². The topological polar surface area (TPSA) is 46.8 Å². The highest BCUT2D eigenvalue weighted by Crippen LogP contribution is 2.38. The second-order valence-electron chi connectivity index (χ2n) is 7.13. The lowest BCUT2D eigenvalue weighted by Gasteiger charge is -2.32. The van der Waals surface area contributed by atoms with Crippen LogP contribution < -0.4 is 4.90 Å². The van der Waals surface area contributed by atoms with E-state index in [1.54, 1.807) is 0 Å². The van der Waals surface area contributed by atoms with Gasteiger partial charge in [-0.2, -0.15) is 0 Å². The predicted octanol–water partition coefficient (Wildman–Crippen LogP) is 4.48. The lowest BCUT2D eigenvalue weighted by molar-refractivity contribution is 0.746. The summed E-state index contributed by atoms with van der Waals surface area (Å²) >= 11 is 0. The van der Waals surface area contributed by atoms with Gasteiger partial charge in [0.1, 0.15) is 6.33 Å². The average molecular weight is 355 g/mol. The fourth-order valence-corrected chi connectivity index (χ4v) is 3.72. The SMILES string of the molecule is CC1C(c2ccncc2)=CC=CN1c1cccc(-c2nncn2C2CC2)c1. The standard InChI is InChI=1S/C22H21N5/c1-16-21(17-9-11-23-12-10-17)6-3-13-26(16)20-5-2-4-18(14-20)22-25-24-15-27(22)19-7-8-19/h2-6,9-16,19H,7-8H2,1H3. The van der Waals surface area contributed by atoms with E-state index >= 15 is 0 Å². The van der Waals surface area contributed by atoms with E-state index in [-0.39, 0.29) is 6.04 Å². The van der Waals surface area contributed by atoms with Crippen molar-refractivity contribution in [2.75, 3.05) is 4.90 Å². The summed E-state index contributed by atoms with van der Waals surface area (Å²) < 4.78 is 2.21. The van der Waals surface area contributed by atoms with Gasteiger partial charge in [-0.05, 0) is 61.2 Å². The summed E-state index contributed by atoms with van der Waals surface area (Å²) in [6.07, 6.45) is 14.4. The van der Waals surface area contributed by atoms with Gasteiger partial charge in [0.25, 0.3) is 0 Å². The average Bonchev–Trinajstić information content (AvgIpc) is 3.45. The largest absolute Gasteiger partial charge is 0.341 e. The molecule has 1 atom stereocenters. The number of benzene rings is 1. The van der Waals surface area contributed by atoms with Gasteiger partial charge < -0.3 is 9.47 Å². The normalized spacial score (nSPS) is 19.2. The summed E-state index contributed by atoms with van der Waals surface area (Å²) in [4.78, 5) is 6.44. The van der Waals surface area contributed by atoms with Crippen molar-refractivity contribution in [2.24, 2.45) is 0 Å². The summed E-state index contributed by atoms with van der Waals surface area (Å²) in [5, 5.41) is 8.51. The number of hydrogen-bond acceptors (Lipinski definition) is 4. The molecule has 1 aliphatic heterocycles. The Bertz CT molecular complexity index is 1010. The van der Waals surface area contributed by atoms with Crippen molar-refractivity contribution in [1.29, 1.82) is 0 Å². The fraction of sp³-hybridized carbons (Fsp3) is 0.227. The summed E-state index contributed by atoms with van der Waals surface area (Å²) in [7, 11) is 0. The number of pyridine rings is 1. The third-order valence-corrected chi connectivity index (χ3v) is 5.32. The molecule has 3 aromatic rings. The Morgan fingerprint density at radius 3 is 2.70 bits per heavy atom. The summed E-state index contributed by atoms with van der Waals surface area (Å²) in [6, 6.07) is 13.5. The molecule has 5 nitrogen and oxygen atoms in total. The second kappa shape index (κ2) is 6.50. The van der Waals surface area contributed by atoms with E-state index in [9.17, 15) is 0 Å². The molecule has 0 saturated heterocycles. The third-order valence-electron chi connectivity index (χ3n) is 5.32. The Morgan fingerprint density at radius 2 is 1.89 bits per heavy atom. The van der Waals surface area contributed by atoms with Gasteiger partial charge in [0.15, 0.2) is 5.82 Å². The van der Waals surface area contributed by atoms with Crippen molar-refractivity contribution < 1.29 is 0 Å². The van der Waals surface area contributed by atoms with Crippen LogP contribution in [0, 0.1) is 0 Å². The molecule has 1 fully saturated rings. The molecule has 2 aromatic heterocycles. The molecule has 5 rings (SSSR count). The lowest BCUT2D eigenvalue weighted by Crippen LogP contribution is -2.30. The highest BCUT2D eigenvalue weighted by molar-refractivity contribution is 5.77. The lowest BCUT2D eigenvalue weighted by atomic mass is 9.96. The number of rotatable bonds is 4. The molecular weight excluding hydrogens is 334 g/mol. The van der Waals surface area contributed by atoms with E-state index in [4.69, 9.17) is 0 Å². The van der Waals surface area contributed by atoms with Crippen LogP contribution in [0.15, 0.2) is 73.5 Å². The molecule has 0 bridgehead atoms. The Labute approximate surface area is 158 Å². The van der Waals surface area contributed by atoms with Crippen LogP contribution in [0.4, 0.5) is 5.69 Å². The Hall–Kier alpha value is -3.21. The van der Waals surface area contributed by atoms with Crippen molar-refractivity contribution in [1.82, 2.24) is 19.7 Å². The number of aromatic nitrogens is 4. The van der Waals surface area contributed by atoms with Crippen molar-refractivity contribution in [3.05, 3.63) is 79.0 Å². The molecule has 1 saturated carbocycles. The molecule has 0 spiro atoms. The zero-order chi connectivity index (χ0) is 18.2. The summed E-state index contributed by atoms with van der Waals surface area (Å²) in [5.74, 6) is 0.956. The minimum atomic E-state index is 0.231. The molecule has 1 aromatic carbocycles. The zero-order valence-electron chi connectivity index (χ0n) is 15.2. The molecule has 2 aliphatic rings. The van der Waals surface area contributed by atoms with E-state index in [1.807, 2.05) is 18.7 Å². The van der Waals surface area contributed by atoms with E-state index in [0.29, 0.717) is 6.04 Å². The van der Waals surface area contributed by atoms with Gasteiger partial charge in [-0.15, -0.1) is 10.2 Å². The summed E-state index contributed by atoms with van der Waals surface area (Å²) in [5.41, 5.74) is 4.75. The van der Waals surface area contributed by atoms with Gasteiger partial charge in [0, 0.05) is 35.9 Å². The number of anilines is 1. The van der Waals surface area contributed by atoms with Gasteiger partial charge in [-0.25, -0.2) is 0 Å². The first-order valence-electron chi connectivity index (χ1n) is 9.38. The van der Waals surface area contributed by atoms with E-state index in [0.717, 1.165) is 17.1 Å². The quantitative estimate of drug-likeness (QED) is 0.692. The van der Waals surface area contributed by atoms with Gasteiger partial charge in [0.2, 0.25) is 0 Å². The van der Waals surface area contributed by atoms with Crippen molar-refractivity contribution >= 4 is 11.3 Å². The Balaban J connectivity index is 1.48. The van der Waals surface area contributed by atoms with Gasteiger partial charge in [-0.3, -0.25) is 4.98 Å². The van der Waals surface area contributed by atoms with Gasteiger partial charge in [0.05, 0.1) is 6.04 Å². The minimum Gasteiger partial charge on any atom is -0.341 e. The molecule has 27 heavy (non-hydrogen) atoms. The Kier molecular flexibility index (Phi) is 3.85. The third kappa shape index (κ3) is 2.95. The van der Waals surface area contributed by atoms with E-state index in [1.165, 1.54) is 24.0 Å². The molecule has 0 N–H and O–H groups in total. The predicted molar refractivity (Wildman–Crippen MR) is 107 cm³/mol. The maximum absolute atomic E-state index is 4.37. The molecule has 3 heterocycles. The van der Waals surface area contributed by atoms with Crippen LogP contribution >= 0.6 is 0 Å². The smallest absolute Gasteiger partial charge is 0.164 e. The first-order valence-corrected chi connectivity index (χ1v) is 9.38. The minimum absolute atomic E-state index is 0.231. The number of nitrogens with zero attached hydrogens (tertiary/aromatic N) is 5. The maximum atomic E-state index is 4.37. The molecule has 134 valence electrons. The van der Waals surface area contributed by atoms with Crippen molar-refractivity contribution in [2.45, 2.75) is 31.8 Å². The summed E-state index contributed by atoms with van der Waals surface area (Å²) in [6.45, 7) is 2.23. The van der Waals surface area contributed by atoms with E-state index < -0.39 is 0 Å². The molecular formula is C22H21N5. The second-order valence-corrected chi connectivity index (χ2v) is 7.13. The first-order chi connectivity index (χ1) is 13.3. The molecule has 0 radical (unpaired) electrons. The Morgan fingerprint density at radius 1 is 1.04 bits per heavy atom. The van der Waals surface area contributed by atoms with E-state index in [2.05, 4.69) is 86.3 Å². The highest BCUT2D eigenvalue weighted by Gasteiger charge is 2.27. The van der Waals surface area contributed by atoms with Crippen LogP contribution in [-0.2, 0) is 0 Å². The molecule has 5 heteroatoms. The molecule has 1 aliphatic carbocycles. The molecule has 0 amide bonds. The fourth-order valence-electron chi connectivity index (χ4n) is 3.72. The van der Waals surface area contributed by atoms with Crippen LogP contribution in [0.5, 0.6) is 0 Å². The van der Waals surface area contributed by atoms with Crippen molar-refractivity contribution in [3.8, 4) is 11.4 Å². The first kappa shape index (κ1) is 16.0. The highest BCUT2D eigenvalue weighted by atomic mass is 15.3. The number of hydrogen-bond donors (Lipinski definition) is 0. The maximum Gasteiger partial charge on any atom is 0.164 e.